The first-order valence-electron chi connectivity index (χ1n) is 14.2. The number of carbonyl (C=O) groups is 3. The molecule has 0 aliphatic carbocycles. The lowest BCUT2D eigenvalue weighted by Gasteiger charge is -2.23. The number of nitrogens with two attached hydrogens (primary N) is 1. The van der Waals surface area contributed by atoms with Gasteiger partial charge in [-0.2, -0.15) is 0 Å². The maximum Gasteiger partial charge on any atom is 0.242 e. The van der Waals surface area contributed by atoms with Gasteiger partial charge in [0.15, 0.2) is 0 Å². The third-order valence-corrected chi connectivity index (χ3v) is 5.15. The second kappa shape index (κ2) is 21.6. The minimum atomic E-state index is -0.520. The number of para-hydroxylation sites is 1. The molecule has 218 valence electrons. The second-order valence-electron chi connectivity index (χ2n) is 10.2. The van der Waals surface area contributed by atoms with Gasteiger partial charge in [-0.25, -0.2) is 0 Å². The Morgan fingerprint density at radius 3 is 2.05 bits per heavy atom. The monoisotopic (exact) mass is 541 g/mol. The Kier molecular flexibility index (Phi) is 19.7. The molecule has 0 bridgehead atoms. The molecule has 3 amide bonds. The summed E-state index contributed by atoms with van der Waals surface area (Å²) < 4.78 is 5.89. The van der Waals surface area contributed by atoms with E-state index in [9.17, 15) is 14.4 Å². The molecule has 1 unspecified atom stereocenters. The van der Waals surface area contributed by atoms with Crippen molar-refractivity contribution < 1.29 is 19.1 Å². The van der Waals surface area contributed by atoms with Crippen molar-refractivity contribution in [3.05, 3.63) is 60.2 Å². The Bertz CT molecular complexity index is 945. The van der Waals surface area contributed by atoms with Crippen LogP contribution in [0.2, 0.25) is 0 Å². The van der Waals surface area contributed by atoms with Crippen molar-refractivity contribution in [3.8, 4) is 11.5 Å². The molecule has 0 radical (unpaired) electrons. The third-order valence-electron chi connectivity index (χ3n) is 5.15. The Morgan fingerprint density at radius 2 is 1.51 bits per heavy atom. The molecule has 7 nitrogen and oxygen atoms in total. The van der Waals surface area contributed by atoms with Crippen molar-refractivity contribution in [2.24, 2.45) is 17.6 Å². The number of benzene rings is 2. The van der Waals surface area contributed by atoms with Crippen molar-refractivity contribution >= 4 is 17.7 Å². The molecule has 0 saturated heterocycles. The summed E-state index contributed by atoms with van der Waals surface area (Å²) in [5.41, 5.74) is 6.24. The number of hydrogen-bond acceptors (Lipinski definition) is 4. The van der Waals surface area contributed by atoms with E-state index in [1.54, 1.807) is 11.8 Å². The number of ether oxygens (including phenoxy) is 1. The van der Waals surface area contributed by atoms with Crippen molar-refractivity contribution in [1.82, 2.24) is 10.2 Å². The fourth-order valence-corrected chi connectivity index (χ4v) is 3.22. The van der Waals surface area contributed by atoms with Gasteiger partial charge >= 0.3 is 0 Å². The van der Waals surface area contributed by atoms with Gasteiger partial charge in [-0.1, -0.05) is 91.6 Å². The summed E-state index contributed by atoms with van der Waals surface area (Å²) in [5, 5.41) is 2.63. The molecule has 3 N–H and O–H groups in total. The molecule has 2 aromatic rings. The quantitative estimate of drug-likeness (QED) is 0.294. The van der Waals surface area contributed by atoms with E-state index in [-0.39, 0.29) is 24.8 Å². The number of unbranched alkanes of at least 4 members (excludes halogenated alkanes) is 1. The summed E-state index contributed by atoms with van der Waals surface area (Å²) in [5.74, 6) is 0.727. The van der Waals surface area contributed by atoms with Crippen LogP contribution in [-0.4, -0.2) is 35.7 Å². The summed E-state index contributed by atoms with van der Waals surface area (Å²) >= 11 is 0. The van der Waals surface area contributed by atoms with Gasteiger partial charge in [-0.15, -0.1) is 0 Å². The van der Waals surface area contributed by atoms with E-state index in [0.717, 1.165) is 30.1 Å². The molecule has 0 spiro atoms. The zero-order chi connectivity index (χ0) is 29.6. The first-order valence-corrected chi connectivity index (χ1v) is 14.2. The molecule has 0 heterocycles. The van der Waals surface area contributed by atoms with E-state index < -0.39 is 11.8 Å². The molecule has 7 heteroatoms. The molecular formula is C32H51N3O4. The lowest BCUT2D eigenvalue weighted by atomic mass is 10.0. The average molecular weight is 542 g/mol. The van der Waals surface area contributed by atoms with Gasteiger partial charge < -0.3 is 20.7 Å². The Morgan fingerprint density at radius 1 is 0.923 bits per heavy atom. The van der Waals surface area contributed by atoms with Crippen molar-refractivity contribution in [2.75, 3.05) is 13.1 Å². The first-order chi connectivity index (χ1) is 18.6. The van der Waals surface area contributed by atoms with E-state index in [2.05, 4.69) is 46.9 Å². The van der Waals surface area contributed by atoms with Crippen LogP contribution in [0, 0.1) is 11.8 Å². The zero-order valence-electron chi connectivity index (χ0n) is 25.2. The highest BCUT2D eigenvalue weighted by molar-refractivity contribution is 5.88. The number of carbonyl (C=O) groups excluding carboxylic acids is 3. The second-order valence-corrected chi connectivity index (χ2v) is 10.2. The highest BCUT2D eigenvalue weighted by Gasteiger charge is 2.19. The number of rotatable bonds is 13. The Hall–Kier alpha value is -3.35. The number of amides is 3. The topological polar surface area (TPSA) is 102 Å². The summed E-state index contributed by atoms with van der Waals surface area (Å²) in [6.07, 6.45) is 3.54. The number of nitrogens with one attached hydrogen (secondary N) is 1. The summed E-state index contributed by atoms with van der Waals surface area (Å²) in [6, 6.07) is 17.1. The molecule has 0 aliphatic rings. The highest BCUT2D eigenvalue weighted by Crippen LogP contribution is 2.22. The van der Waals surface area contributed by atoms with Crippen molar-refractivity contribution in [2.45, 2.75) is 87.1 Å². The van der Waals surface area contributed by atoms with E-state index in [4.69, 9.17) is 10.5 Å². The van der Waals surface area contributed by atoms with Gasteiger partial charge in [0.1, 0.15) is 11.5 Å². The molecular weight excluding hydrogens is 490 g/mol. The van der Waals surface area contributed by atoms with Crippen LogP contribution in [0.3, 0.4) is 0 Å². The van der Waals surface area contributed by atoms with Gasteiger partial charge in [-0.3, -0.25) is 14.4 Å². The highest BCUT2D eigenvalue weighted by atomic mass is 16.5. The van der Waals surface area contributed by atoms with Crippen LogP contribution >= 0.6 is 0 Å². The fourth-order valence-electron chi connectivity index (χ4n) is 3.22. The lowest BCUT2D eigenvalue weighted by molar-refractivity contribution is -0.134. The third kappa shape index (κ3) is 17.7. The van der Waals surface area contributed by atoms with Crippen molar-refractivity contribution in [1.29, 1.82) is 0 Å². The predicted molar refractivity (Wildman–Crippen MR) is 160 cm³/mol. The molecule has 0 aromatic heterocycles. The molecule has 2 rings (SSSR count). The maximum atomic E-state index is 12.8. The van der Waals surface area contributed by atoms with Crippen LogP contribution in [0.5, 0.6) is 11.5 Å². The van der Waals surface area contributed by atoms with Crippen LogP contribution in [0.4, 0.5) is 0 Å². The van der Waals surface area contributed by atoms with Gasteiger partial charge in [0.25, 0.3) is 0 Å². The Balaban J connectivity index is 0.00000185. The van der Waals surface area contributed by atoms with Crippen LogP contribution in [0.25, 0.3) is 0 Å². The summed E-state index contributed by atoms with van der Waals surface area (Å²) in [7, 11) is 0. The molecule has 39 heavy (non-hydrogen) atoms. The van der Waals surface area contributed by atoms with Crippen molar-refractivity contribution in [3.63, 3.8) is 0 Å². The number of hydrogen-bond donors (Lipinski definition) is 2. The number of nitrogens with zero attached hydrogens (tertiary/aromatic N) is 1. The molecule has 0 fully saturated rings. The Labute approximate surface area is 236 Å². The lowest BCUT2D eigenvalue weighted by Crippen LogP contribution is -2.41. The first kappa shape index (κ1) is 35.6. The standard InChI is InChI=1S/C25H33N3O4.C4H10.C3H8/c1-3-5-14-28(24(30)17-27-23(29)16-20(4-2)25(26)31)18-19-10-9-13-22(15-19)32-21-11-7-6-8-12-21;1-4(2)3;1-3-2/h6-13,15,20H,3-5,14,16-18H2,1-2H3,(H2,26,31)(H,27,29);4H,1-3H3;3H2,1-2H3. The smallest absolute Gasteiger partial charge is 0.242 e. The van der Waals surface area contributed by atoms with Crippen LogP contribution in [0.1, 0.15) is 86.1 Å². The molecule has 1 atom stereocenters. The van der Waals surface area contributed by atoms with Gasteiger partial charge in [0.2, 0.25) is 17.7 Å². The average Bonchev–Trinajstić information content (AvgIpc) is 2.89. The zero-order valence-corrected chi connectivity index (χ0v) is 25.2. The summed E-state index contributed by atoms with van der Waals surface area (Å²) in [4.78, 5) is 38.0. The van der Waals surface area contributed by atoms with Gasteiger partial charge in [-0.05, 0) is 48.6 Å². The van der Waals surface area contributed by atoms with E-state index in [0.29, 0.717) is 25.3 Å². The van der Waals surface area contributed by atoms with Crippen LogP contribution in [0.15, 0.2) is 54.6 Å². The largest absolute Gasteiger partial charge is 0.457 e. The normalized spacial score (nSPS) is 10.8. The minimum Gasteiger partial charge on any atom is -0.457 e. The predicted octanol–water partition coefficient (Wildman–Crippen LogP) is 6.70. The van der Waals surface area contributed by atoms with E-state index in [1.807, 2.05) is 54.6 Å². The van der Waals surface area contributed by atoms with Crippen LogP contribution < -0.4 is 15.8 Å². The van der Waals surface area contributed by atoms with Gasteiger partial charge in [0, 0.05) is 25.4 Å². The molecule has 0 aliphatic heterocycles. The van der Waals surface area contributed by atoms with Gasteiger partial charge in [0.05, 0.1) is 6.54 Å². The SMILES string of the molecule is CC(C)C.CCC.CCCCN(Cc1cccc(Oc2ccccc2)c1)C(=O)CNC(=O)CC(CC)C(N)=O. The van der Waals surface area contributed by atoms with E-state index >= 15 is 0 Å². The van der Waals surface area contributed by atoms with E-state index in [1.165, 1.54) is 6.42 Å². The molecule has 2 aromatic carbocycles. The molecule has 0 saturated carbocycles. The fraction of sp³-hybridized carbons (Fsp3) is 0.531. The minimum absolute atomic E-state index is 0.00700. The maximum absolute atomic E-state index is 12.8. The van der Waals surface area contributed by atoms with Crippen LogP contribution in [-0.2, 0) is 20.9 Å². The number of primary amides is 1. The summed E-state index contributed by atoms with van der Waals surface area (Å²) in [6.45, 7) is 15.5.